The van der Waals surface area contributed by atoms with Crippen LogP contribution in [0.5, 0.6) is 0 Å². The maximum atomic E-state index is 13.5. The molecule has 0 bridgehead atoms. The molecule has 3 atom stereocenters. The van der Waals surface area contributed by atoms with E-state index in [0.717, 1.165) is 0 Å². The zero-order chi connectivity index (χ0) is 18.1. The molecule has 1 aromatic carbocycles. The Labute approximate surface area is 142 Å². The largest absolute Gasteiger partial charge is 0.361 e. The first kappa shape index (κ1) is 16.9. The number of carbonyl (C=O) groups is 1. The molecule has 2 aromatic rings. The highest BCUT2D eigenvalue weighted by Gasteiger charge is 2.37. The molecule has 3 rings (SSSR count). The number of nitrogens with two attached hydrogens (primary N) is 1. The lowest BCUT2D eigenvalue weighted by molar-refractivity contribution is -0.384. The maximum Gasteiger partial charge on any atom is 0.270 e. The van der Waals surface area contributed by atoms with Crippen molar-refractivity contribution in [2.24, 2.45) is 5.73 Å². The quantitative estimate of drug-likeness (QED) is 0.639. The van der Waals surface area contributed by atoms with Gasteiger partial charge >= 0.3 is 0 Å². The van der Waals surface area contributed by atoms with E-state index in [1.54, 1.807) is 12.3 Å². The SMILES string of the molecule is N#C[C@@H]1C[C@H](F)CN1C(=O)C(N)Cc1c[nH]c2ccc([N+](=O)[O-])cc12. The molecule has 1 aromatic heterocycles. The van der Waals surface area contributed by atoms with Crippen LogP contribution in [0.4, 0.5) is 10.1 Å². The molecular weight excluding hydrogens is 329 g/mol. The highest BCUT2D eigenvalue weighted by atomic mass is 19.1. The van der Waals surface area contributed by atoms with Crippen molar-refractivity contribution in [3.05, 3.63) is 40.1 Å². The number of nitrogens with zero attached hydrogens (tertiary/aromatic N) is 3. The number of hydrogen-bond acceptors (Lipinski definition) is 5. The zero-order valence-electron chi connectivity index (χ0n) is 13.2. The maximum absolute atomic E-state index is 13.5. The van der Waals surface area contributed by atoms with Crippen molar-refractivity contribution in [1.29, 1.82) is 5.26 Å². The Hall–Kier alpha value is -2.99. The lowest BCUT2D eigenvalue weighted by Crippen LogP contribution is -2.46. The highest BCUT2D eigenvalue weighted by molar-refractivity contribution is 5.87. The van der Waals surface area contributed by atoms with Crippen molar-refractivity contribution < 1.29 is 14.1 Å². The monoisotopic (exact) mass is 345 g/mol. The summed E-state index contributed by atoms with van der Waals surface area (Å²) in [4.78, 5) is 27.0. The summed E-state index contributed by atoms with van der Waals surface area (Å²) in [6.45, 7) is -0.135. The van der Waals surface area contributed by atoms with Crippen LogP contribution in [0.2, 0.25) is 0 Å². The molecule has 0 radical (unpaired) electrons. The zero-order valence-corrected chi connectivity index (χ0v) is 13.2. The van der Waals surface area contributed by atoms with E-state index in [9.17, 15) is 19.3 Å². The second kappa shape index (κ2) is 6.49. The molecule has 1 unspecified atom stereocenters. The van der Waals surface area contributed by atoms with Gasteiger partial charge in [-0.1, -0.05) is 0 Å². The van der Waals surface area contributed by atoms with Gasteiger partial charge in [0.25, 0.3) is 5.69 Å². The van der Waals surface area contributed by atoms with Gasteiger partial charge in [-0.05, 0) is 18.1 Å². The molecule has 1 amide bonds. The van der Waals surface area contributed by atoms with Gasteiger partial charge in [-0.2, -0.15) is 5.26 Å². The third-order valence-corrected chi connectivity index (χ3v) is 4.40. The van der Waals surface area contributed by atoms with E-state index in [1.165, 1.54) is 17.0 Å². The molecule has 0 spiro atoms. The Morgan fingerprint density at radius 3 is 3.04 bits per heavy atom. The number of alkyl halides is 1. The molecule has 1 saturated heterocycles. The number of amides is 1. The molecule has 8 nitrogen and oxygen atoms in total. The first-order chi connectivity index (χ1) is 11.9. The van der Waals surface area contributed by atoms with Gasteiger partial charge < -0.3 is 15.6 Å². The average molecular weight is 345 g/mol. The Morgan fingerprint density at radius 2 is 2.36 bits per heavy atom. The Kier molecular flexibility index (Phi) is 4.37. The number of aromatic amines is 1. The number of nitrogens with one attached hydrogen (secondary N) is 1. The number of carbonyl (C=O) groups excluding carboxylic acids is 1. The number of halogens is 1. The van der Waals surface area contributed by atoms with E-state index in [4.69, 9.17) is 11.0 Å². The van der Waals surface area contributed by atoms with Crippen LogP contribution in [-0.4, -0.2) is 45.5 Å². The van der Waals surface area contributed by atoms with E-state index in [1.807, 2.05) is 6.07 Å². The smallest absolute Gasteiger partial charge is 0.270 e. The third kappa shape index (κ3) is 3.16. The summed E-state index contributed by atoms with van der Waals surface area (Å²) < 4.78 is 13.5. The summed E-state index contributed by atoms with van der Waals surface area (Å²) in [5.74, 6) is -0.494. The summed E-state index contributed by atoms with van der Waals surface area (Å²) in [6.07, 6.45) is 0.544. The fourth-order valence-electron chi connectivity index (χ4n) is 3.14. The first-order valence-electron chi connectivity index (χ1n) is 7.75. The van der Waals surface area contributed by atoms with Gasteiger partial charge in [-0.15, -0.1) is 0 Å². The number of aromatic nitrogens is 1. The van der Waals surface area contributed by atoms with Gasteiger partial charge in [0.1, 0.15) is 12.2 Å². The minimum absolute atomic E-state index is 0.00571. The van der Waals surface area contributed by atoms with Gasteiger partial charge in [-0.25, -0.2) is 4.39 Å². The van der Waals surface area contributed by atoms with Crippen molar-refractivity contribution in [1.82, 2.24) is 9.88 Å². The number of nitro groups is 1. The molecule has 1 fully saturated rings. The van der Waals surface area contributed by atoms with Crippen LogP contribution in [0, 0.1) is 21.4 Å². The normalized spacial score (nSPS) is 21.2. The van der Waals surface area contributed by atoms with Gasteiger partial charge in [-0.3, -0.25) is 14.9 Å². The topological polar surface area (TPSA) is 129 Å². The van der Waals surface area contributed by atoms with E-state index >= 15 is 0 Å². The molecule has 3 N–H and O–H groups in total. The number of rotatable bonds is 4. The van der Waals surface area contributed by atoms with Crippen molar-refractivity contribution in [2.45, 2.75) is 31.1 Å². The second-order valence-corrected chi connectivity index (χ2v) is 6.08. The molecule has 1 aliphatic rings. The second-order valence-electron chi connectivity index (χ2n) is 6.08. The van der Waals surface area contributed by atoms with Crippen LogP contribution in [0.1, 0.15) is 12.0 Å². The van der Waals surface area contributed by atoms with Crippen LogP contribution in [0.15, 0.2) is 24.4 Å². The van der Waals surface area contributed by atoms with Crippen LogP contribution in [0.3, 0.4) is 0 Å². The minimum atomic E-state index is -1.23. The van der Waals surface area contributed by atoms with Gasteiger partial charge in [0, 0.05) is 35.7 Å². The number of hydrogen-bond donors (Lipinski definition) is 2. The molecule has 130 valence electrons. The fourth-order valence-corrected chi connectivity index (χ4v) is 3.14. The number of H-pyrrole nitrogens is 1. The lowest BCUT2D eigenvalue weighted by atomic mass is 10.0. The molecule has 25 heavy (non-hydrogen) atoms. The highest BCUT2D eigenvalue weighted by Crippen LogP contribution is 2.25. The molecule has 0 aliphatic carbocycles. The third-order valence-electron chi connectivity index (χ3n) is 4.40. The predicted molar refractivity (Wildman–Crippen MR) is 87.3 cm³/mol. The summed E-state index contributed by atoms with van der Waals surface area (Å²) in [5.41, 5.74) is 7.26. The van der Waals surface area contributed by atoms with Crippen molar-refractivity contribution in [3.63, 3.8) is 0 Å². The van der Waals surface area contributed by atoms with Gasteiger partial charge in [0.15, 0.2) is 0 Å². The summed E-state index contributed by atoms with van der Waals surface area (Å²) in [6, 6.07) is 4.54. The van der Waals surface area contributed by atoms with Gasteiger partial charge in [0.05, 0.1) is 23.6 Å². The average Bonchev–Trinajstić information content (AvgIpc) is 3.16. The Morgan fingerprint density at radius 1 is 1.60 bits per heavy atom. The number of benzene rings is 1. The number of likely N-dealkylation sites (tertiary alicyclic amines) is 1. The van der Waals surface area contributed by atoms with Gasteiger partial charge in [0.2, 0.25) is 5.91 Å². The van der Waals surface area contributed by atoms with Crippen molar-refractivity contribution >= 4 is 22.5 Å². The van der Waals surface area contributed by atoms with Crippen molar-refractivity contribution in [2.75, 3.05) is 6.54 Å². The number of nitro benzene ring substituents is 1. The van der Waals surface area contributed by atoms with E-state index < -0.39 is 29.1 Å². The van der Waals surface area contributed by atoms with Crippen LogP contribution < -0.4 is 5.73 Å². The number of fused-ring (bicyclic) bond motifs is 1. The first-order valence-corrected chi connectivity index (χ1v) is 7.75. The Balaban J connectivity index is 1.81. The van der Waals surface area contributed by atoms with Crippen LogP contribution in [0.25, 0.3) is 10.9 Å². The standard InChI is InChI=1S/C16H16FN5O3/c17-10-4-12(6-18)21(8-10)16(23)14(19)3-9-7-20-15-2-1-11(22(24)25)5-13(9)15/h1-2,5,7,10,12,14,20H,3-4,8,19H2/t10-,12-,14?/m0/s1. The molecule has 0 saturated carbocycles. The van der Waals surface area contributed by atoms with Crippen LogP contribution in [-0.2, 0) is 11.2 Å². The summed E-state index contributed by atoms with van der Waals surface area (Å²) in [7, 11) is 0. The predicted octanol–water partition coefficient (Wildman–Crippen LogP) is 1.41. The summed E-state index contributed by atoms with van der Waals surface area (Å²) in [5, 5.41) is 20.6. The van der Waals surface area contributed by atoms with Crippen LogP contribution >= 0.6 is 0 Å². The molecule has 2 heterocycles. The molecule has 9 heteroatoms. The lowest BCUT2D eigenvalue weighted by Gasteiger charge is -2.23. The number of non-ortho nitro benzene ring substituents is 1. The Bertz CT molecular complexity index is 874. The number of nitriles is 1. The van der Waals surface area contributed by atoms with Crippen molar-refractivity contribution in [3.8, 4) is 6.07 Å². The fraction of sp³-hybridized carbons (Fsp3) is 0.375. The van der Waals surface area contributed by atoms with E-state index in [-0.39, 0.29) is 25.1 Å². The van der Waals surface area contributed by atoms with E-state index in [2.05, 4.69) is 4.98 Å². The van der Waals surface area contributed by atoms with E-state index in [0.29, 0.717) is 16.5 Å². The summed E-state index contributed by atoms with van der Waals surface area (Å²) >= 11 is 0. The minimum Gasteiger partial charge on any atom is -0.361 e. The molecular formula is C16H16FN5O3. The molecule has 1 aliphatic heterocycles.